The van der Waals surface area contributed by atoms with E-state index in [4.69, 9.17) is 9.47 Å². The van der Waals surface area contributed by atoms with E-state index in [9.17, 15) is 10.2 Å². The topological polar surface area (TPSA) is 71.0 Å². The number of aliphatic hydroxyl groups is 2. The molecule has 3 aromatic carbocycles. The summed E-state index contributed by atoms with van der Waals surface area (Å²) in [6.45, 7) is 0.516. The van der Waals surface area contributed by atoms with E-state index in [1.165, 1.54) is 0 Å². The fourth-order valence-electron chi connectivity index (χ4n) is 2.87. The molecule has 0 spiro atoms. The van der Waals surface area contributed by atoms with E-state index in [1.54, 1.807) is 0 Å². The van der Waals surface area contributed by atoms with Crippen LogP contribution in [0, 0.1) is 0 Å². The lowest BCUT2D eigenvalue weighted by molar-refractivity contribution is 0.0997. The molecule has 3 aromatic rings. The van der Waals surface area contributed by atoms with Gasteiger partial charge in [-0.05, 0) is 48.4 Å². The first-order valence-corrected chi connectivity index (χ1v) is 9.75. The smallest absolute Gasteiger partial charge is 0.127 e. The van der Waals surface area contributed by atoms with Gasteiger partial charge in [-0.25, -0.2) is 0 Å². The second-order valence-electron chi connectivity index (χ2n) is 6.83. The molecule has 0 unspecified atom stereocenters. The van der Waals surface area contributed by atoms with Gasteiger partial charge in [0.25, 0.3) is 0 Å². The van der Waals surface area contributed by atoms with Crippen molar-refractivity contribution in [3.05, 3.63) is 90.5 Å². The van der Waals surface area contributed by atoms with Gasteiger partial charge in [0.05, 0.1) is 6.61 Å². The number of nitrogens with one attached hydrogen (secondary N) is 1. The second kappa shape index (κ2) is 11.2. The van der Waals surface area contributed by atoms with Crippen LogP contribution < -0.4 is 14.8 Å². The Labute approximate surface area is 171 Å². The molecule has 0 saturated heterocycles. The van der Waals surface area contributed by atoms with E-state index in [2.05, 4.69) is 5.32 Å². The van der Waals surface area contributed by atoms with Crippen LogP contribution in [0.25, 0.3) is 0 Å². The van der Waals surface area contributed by atoms with Gasteiger partial charge in [0.15, 0.2) is 0 Å². The monoisotopic (exact) mass is 393 g/mol. The van der Waals surface area contributed by atoms with Crippen LogP contribution in [0.5, 0.6) is 17.2 Å². The lowest BCUT2D eigenvalue weighted by Gasteiger charge is -2.19. The normalized spacial score (nSPS) is 12.9. The van der Waals surface area contributed by atoms with Gasteiger partial charge in [-0.1, -0.05) is 48.5 Å². The average Bonchev–Trinajstić information content (AvgIpc) is 2.78. The molecule has 0 radical (unpaired) electrons. The quantitative estimate of drug-likeness (QED) is 0.466. The van der Waals surface area contributed by atoms with Crippen molar-refractivity contribution in [2.45, 2.75) is 18.6 Å². The predicted molar refractivity (Wildman–Crippen MR) is 113 cm³/mol. The first-order valence-electron chi connectivity index (χ1n) is 9.75. The Morgan fingerprint density at radius 2 is 1.34 bits per heavy atom. The lowest BCUT2D eigenvalue weighted by Crippen LogP contribution is -2.41. The third kappa shape index (κ3) is 7.23. The van der Waals surface area contributed by atoms with Crippen molar-refractivity contribution in [3.63, 3.8) is 0 Å². The van der Waals surface area contributed by atoms with Crippen LogP contribution in [0.1, 0.15) is 5.56 Å². The van der Waals surface area contributed by atoms with Crippen LogP contribution in [0.2, 0.25) is 0 Å². The van der Waals surface area contributed by atoms with Crippen LogP contribution in [0.4, 0.5) is 0 Å². The van der Waals surface area contributed by atoms with Gasteiger partial charge in [0.1, 0.15) is 30.0 Å². The van der Waals surface area contributed by atoms with Crippen LogP contribution in [-0.4, -0.2) is 42.1 Å². The maximum atomic E-state index is 10.1. The summed E-state index contributed by atoms with van der Waals surface area (Å²) in [5.41, 5.74) is 1.08. The highest BCUT2D eigenvalue weighted by atomic mass is 16.5. The molecule has 0 aliphatic carbocycles. The van der Waals surface area contributed by atoms with E-state index < -0.39 is 6.10 Å². The number of para-hydroxylation sites is 2. The van der Waals surface area contributed by atoms with Gasteiger partial charge in [-0.2, -0.15) is 0 Å². The highest BCUT2D eigenvalue weighted by Crippen LogP contribution is 2.21. The first kappa shape index (κ1) is 20.9. The van der Waals surface area contributed by atoms with Crippen molar-refractivity contribution < 1.29 is 19.7 Å². The molecular weight excluding hydrogens is 366 g/mol. The van der Waals surface area contributed by atoms with Crippen molar-refractivity contribution in [1.29, 1.82) is 0 Å². The van der Waals surface area contributed by atoms with Gasteiger partial charge in [-0.3, -0.25) is 0 Å². The van der Waals surface area contributed by atoms with Crippen LogP contribution in [0.3, 0.4) is 0 Å². The summed E-state index contributed by atoms with van der Waals surface area (Å²) in [5.74, 6) is 2.28. The molecule has 0 aromatic heterocycles. The van der Waals surface area contributed by atoms with E-state index in [-0.39, 0.29) is 19.3 Å². The summed E-state index contributed by atoms with van der Waals surface area (Å²) in [6.07, 6.45) is -0.0140. The number of ether oxygens (including phenoxy) is 2. The highest BCUT2D eigenvalue weighted by Gasteiger charge is 2.12. The highest BCUT2D eigenvalue weighted by molar-refractivity contribution is 5.33. The minimum atomic E-state index is -0.661. The third-order valence-corrected chi connectivity index (χ3v) is 4.43. The minimum absolute atomic E-state index is 0.0193. The summed E-state index contributed by atoms with van der Waals surface area (Å²) in [5, 5.41) is 23.0. The minimum Gasteiger partial charge on any atom is -0.491 e. The zero-order chi connectivity index (χ0) is 20.3. The fraction of sp³-hybridized carbons (Fsp3) is 0.250. The predicted octanol–water partition coefficient (Wildman–Crippen LogP) is 3.41. The summed E-state index contributed by atoms with van der Waals surface area (Å²) >= 11 is 0. The molecule has 0 bridgehead atoms. The molecular formula is C24H27NO4. The van der Waals surface area contributed by atoms with Crippen LogP contribution in [0.15, 0.2) is 84.9 Å². The Hall–Kier alpha value is -2.86. The largest absolute Gasteiger partial charge is 0.491 e. The molecule has 5 nitrogen and oxygen atoms in total. The molecule has 0 amide bonds. The zero-order valence-electron chi connectivity index (χ0n) is 16.3. The first-order chi connectivity index (χ1) is 14.2. The maximum absolute atomic E-state index is 10.1. The molecule has 2 atom stereocenters. The standard InChI is InChI=1S/C24H27NO4/c26-17-20(25-16-21(27)18-28-22-7-3-1-4-8-22)15-19-11-13-24(14-12-19)29-23-9-5-2-6-10-23/h1-14,20-21,25-27H,15-18H2/t20-,21-/m0/s1. The molecule has 3 N–H and O–H groups in total. The fourth-order valence-corrected chi connectivity index (χ4v) is 2.87. The van der Waals surface area contributed by atoms with Gasteiger partial charge >= 0.3 is 0 Å². The maximum Gasteiger partial charge on any atom is 0.127 e. The molecule has 0 heterocycles. The summed E-state index contributed by atoms with van der Waals surface area (Å²) < 4.78 is 11.3. The molecule has 29 heavy (non-hydrogen) atoms. The van der Waals surface area contributed by atoms with Crippen molar-refractivity contribution in [3.8, 4) is 17.2 Å². The van der Waals surface area contributed by atoms with Crippen LogP contribution in [-0.2, 0) is 6.42 Å². The summed E-state index contributed by atoms with van der Waals surface area (Å²) in [6, 6.07) is 26.7. The Balaban J connectivity index is 1.43. The molecule has 0 saturated carbocycles. The Kier molecular flexibility index (Phi) is 8.07. The Bertz CT molecular complexity index is 825. The number of aliphatic hydroxyl groups excluding tert-OH is 2. The van der Waals surface area contributed by atoms with Crippen molar-refractivity contribution in [2.75, 3.05) is 19.8 Å². The van der Waals surface area contributed by atoms with Gasteiger partial charge in [0, 0.05) is 12.6 Å². The van der Waals surface area contributed by atoms with Crippen molar-refractivity contribution in [2.24, 2.45) is 0 Å². The molecule has 3 rings (SSSR count). The second-order valence-corrected chi connectivity index (χ2v) is 6.83. The van der Waals surface area contributed by atoms with Gasteiger partial charge in [0.2, 0.25) is 0 Å². The molecule has 152 valence electrons. The molecule has 5 heteroatoms. The van der Waals surface area contributed by atoms with E-state index >= 15 is 0 Å². The van der Waals surface area contributed by atoms with Crippen LogP contribution >= 0.6 is 0 Å². The molecule has 0 aliphatic heterocycles. The molecule has 0 aliphatic rings. The van der Waals surface area contributed by atoms with E-state index in [0.29, 0.717) is 13.0 Å². The van der Waals surface area contributed by atoms with Crippen molar-refractivity contribution >= 4 is 0 Å². The Morgan fingerprint density at radius 1 is 0.759 bits per heavy atom. The molecule has 0 fully saturated rings. The number of benzene rings is 3. The number of rotatable bonds is 11. The number of hydrogen-bond donors (Lipinski definition) is 3. The SMILES string of the molecule is OC[C@H](Cc1ccc(Oc2ccccc2)cc1)NC[C@H](O)COc1ccccc1. The average molecular weight is 393 g/mol. The summed E-state index contributed by atoms with van der Waals surface area (Å²) in [4.78, 5) is 0. The van der Waals surface area contributed by atoms with Gasteiger partial charge in [-0.15, -0.1) is 0 Å². The zero-order valence-corrected chi connectivity index (χ0v) is 16.3. The third-order valence-electron chi connectivity index (χ3n) is 4.43. The van der Waals surface area contributed by atoms with Crippen molar-refractivity contribution in [1.82, 2.24) is 5.32 Å². The van der Waals surface area contributed by atoms with E-state index in [0.717, 1.165) is 22.8 Å². The number of hydrogen-bond acceptors (Lipinski definition) is 5. The van der Waals surface area contributed by atoms with E-state index in [1.807, 2.05) is 84.9 Å². The lowest BCUT2D eigenvalue weighted by atomic mass is 10.1. The van der Waals surface area contributed by atoms with Gasteiger partial charge < -0.3 is 25.0 Å². The Morgan fingerprint density at radius 3 is 1.97 bits per heavy atom. The summed E-state index contributed by atoms with van der Waals surface area (Å²) in [7, 11) is 0.